The maximum Gasteiger partial charge on any atom is 0.0524 e. The van der Waals surface area contributed by atoms with Crippen LogP contribution in [0.2, 0.25) is 0 Å². The molecule has 4 aliphatic rings. The Morgan fingerprint density at radius 2 is 0.684 bits per heavy atom. The van der Waals surface area contributed by atoms with E-state index in [1.165, 1.54) is 139 Å². The van der Waals surface area contributed by atoms with Crippen LogP contribution in [0.3, 0.4) is 0 Å². The molecule has 0 heterocycles. The van der Waals surface area contributed by atoms with Gasteiger partial charge in [0.2, 0.25) is 0 Å². The van der Waals surface area contributed by atoms with Gasteiger partial charge in [-0.1, -0.05) is 113 Å². The Morgan fingerprint density at radius 1 is 0.395 bits per heavy atom. The van der Waals surface area contributed by atoms with Crippen molar-refractivity contribution in [2.45, 2.75) is 152 Å². The van der Waals surface area contributed by atoms with E-state index in [9.17, 15) is 0 Å². The largest absolute Gasteiger partial charge is 0.0859 e. The topological polar surface area (TPSA) is 0 Å². The Bertz CT molecular complexity index is 952. The third-order valence-corrected chi connectivity index (χ3v) is 13.4. The summed E-state index contributed by atoms with van der Waals surface area (Å²) in [5.41, 5.74) is 6.76. The van der Waals surface area contributed by atoms with Crippen molar-refractivity contribution < 1.29 is 0 Å². The molecule has 4 fully saturated rings. The van der Waals surface area contributed by atoms with E-state index in [1.54, 1.807) is 22.3 Å². The summed E-state index contributed by atoms with van der Waals surface area (Å²) in [6.45, 7) is 0. The second-order valence-electron chi connectivity index (χ2n) is 13.2. The highest BCUT2D eigenvalue weighted by Crippen LogP contribution is 2.47. The smallest absolute Gasteiger partial charge is 0.0524 e. The van der Waals surface area contributed by atoms with E-state index in [-0.39, 0.29) is 0 Å². The van der Waals surface area contributed by atoms with Gasteiger partial charge in [0.1, 0.15) is 0 Å². The van der Waals surface area contributed by atoms with Crippen LogP contribution < -0.4 is 10.6 Å². The van der Waals surface area contributed by atoms with Gasteiger partial charge in [0.25, 0.3) is 0 Å². The van der Waals surface area contributed by atoms with E-state index >= 15 is 0 Å². The summed E-state index contributed by atoms with van der Waals surface area (Å²) in [6.07, 6.45) is 28.1. The first-order chi connectivity index (χ1) is 18.8. The minimum atomic E-state index is -0.833. The van der Waals surface area contributed by atoms with E-state index in [4.69, 9.17) is 11.2 Å². The van der Waals surface area contributed by atoms with Gasteiger partial charge in [0, 0.05) is 0 Å². The molecule has 0 aromatic heterocycles. The lowest BCUT2D eigenvalue weighted by atomic mass is 9.76. The first kappa shape index (κ1) is 27.3. The minimum Gasteiger partial charge on any atom is -0.0859 e. The first-order valence-corrected chi connectivity index (χ1v) is 18.8. The normalized spacial score (nSPS) is 23.2. The van der Waals surface area contributed by atoms with Gasteiger partial charge in [-0.2, -0.15) is 0 Å². The van der Waals surface area contributed by atoms with Crippen LogP contribution in [0.5, 0.6) is 0 Å². The van der Waals surface area contributed by atoms with Gasteiger partial charge in [-0.15, -0.1) is 0 Å². The molecular formula is C36H50ClP. The van der Waals surface area contributed by atoms with Crippen molar-refractivity contribution in [3.05, 3.63) is 58.7 Å². The van der Waals surface area contributed by atoms with E-state index in [0.717, 1.165) is 23.7 Å². The molecule has 0 N–H and O–H groups in total. The summed E-state index contributed by atoms with van der Waals surface area (Å²) >= 11 is 7.49. The Balaban J connectivity index is 1.33. The third kappa shape index (κ3) is 6.23. The van der Waals surface area contributed by atoms with Gasteiger partial charge in [-0.3, -0.25) is 0 Å². The average molecular weight is 549 g/mol. The number of benzene rings is 2. The Hall–Kier alpha value is -0.840. The lowest BCUT2D eigenvalue weighted by molar-refractivity contribution is 0.419. The van der Waals surface area contributed by atoms with Crippen LogP contribution in [0.15, 0.2) is 36.4 Å². The summed E-state index contributed by atoms with van der Waals surface area (Å²) in [5.74, 6) is 3.08. The highest BCUT2D eigenvalue weighted by atomic mass is 35.7. The van der Waals surface area contributed by atoms with E-state index < -0.39 is 7.27 Å². The van der Waals surface area contributed by atoms with Crippen LogP contribution in [-0.4, -0.2) is 0 Å². The molecule has 0 saturated heterocycles. The zero-order chi connectivity index (χ0) is 25.7. The molecule has 0 bridgehead atoms. The third-order valence-electron chi connectivity index (χ3n) is 10.8. The molecule has 0 atom stereocenters. The monoisotopic (exact) mass is 548 g/mol. The minimum absolute atomic E-state index is 0.757. The molecule has 38 heavy (non-hydrogen) atoms. The summed E-state index contributed by atoms with van der Waals surface area (Å²) < 4.78 is 0. The molecule has 2 aromatic rings. The Kier molecular flexibility index (Phi) is 9.51. The first-order valence-electron chi connectivity index (χ1n) is 16.5. The fraction of sp³-hybridized carbons (Fsp3) is 0.667. The van der Waals surface area contributed by atoms with Gasteiger partial charge in [0.05, 0.1) is 7.27 Å². The summed E-state index contributed by atoms with van der Waals surface area (Å²) in [7, 11) is -0.833. The number of hydrogen-bond donors (Lipinski definition) is 0. The summed E-state index contributed by atoms with van der Waals surface area (Å²) in [5, 5.41) is 2.81. The van der Waals surface area contributed by atoms with Crippen LogP contribution >= 0.6 is 18.5 Å². The molecule has 4 aliphatic carbocycles. The highest BCUT2D eigenvalue weighted by Gasteiger charge is 2.28. The van der Waals surface area contributed by atoms with E-state index in [2.05, 4.69) is 36.4 Å². The summed E-state index contributed by atoms with van der Waals surface area (Å²) in [6, 6.07) is 15.1. The van der Waals surface area contributed by atoms with Crippen molar-refractivity contribution in [3.63, 3.8) is 0 Å². The standard InChI is InChI=1S/C36H50ClP/c37-38(31-21-23-33(27-13-5-1-6-14-27)35(25-31)29-17-9-3-10-18-29)32-22-24-34(28-15-7-2-8-16-28)36(26-32)30-19-11-4-12-20-30/h21-30H,1-20H2. The van der Waals surface area contributed by atoms with Gasteiger partial charge in [-0.05, 0) is 120 Å². The lowest BCUT2D eigenvalue weighted by Crippen LogP contribution is -2.18. The van der Waals surface area contributed by atoms with Crippen molar-refractivity contribution in [1.82, 2.24) is 0 Å². The van der Waals surface area contributed by atoms with Crippen molar-refractivity contribution in [2.24, 2.45) is 0 Å². The fourth-order valence-electron chi connectivity index (χ4n) is 8.62. The van der Waals surface area contributed by atoms with Crippen molar-refractivity contribution in [2.75, 3.05) is 0 Å². The highest BCUT2D eigenvalue weighted by molar-refractivity contribution is 7.95. The van der Waals surface area contributed by atoms with Crippen LogP contribution in [0, 0.1) is 0 Å². The molecule has 2 heteroatoms. The quantitative estimate of drug-likeness (QED) is 0.315. The van der Waals surface area contributed by atoms with E-state index in [0.29, 0.717) is 0 Å². The zero-order valence-electron chi connectivity index (χ0n) is 23.7. The molecule has 0 amide bonds. The Morgan fingerprint density at radius 3 is 1.00 bits per heavy atom. The van der Waals surface area contributed by atoms with Gasteiger partial charge >= 0.3 is 0 Å². The number of halogens is 1. The molecule has 0 aliphatic heterocycles. The molecule has 0 spiro atoms. The van der Waals surface area contributed by atoms with Gasteiger partial charge < -0.3 is 0 Å². The average Bonchev–Trinajstić information content (AvgIpc) is 3.02. The van der Waals surface area contributed by atoms with Crippen LogP contribution in [0.1, 0.15) is 174 Å². The molecule has 4 saturated carbocycles. The molecule has 0 nitrogen and oxygen atoms in total. The molecule has 0 unspecified atom stereocenters. The molecule has 206 valence electrons. The second-order valence-corrected chi connectivity index (χ2v) is 15.9. The van der Waals surface area contributed by atoms with Gasteiger partial charge in [-0.25, -0.2) is 0 Å². The van der Waals surface area contributed by atoms with Crippen molar-refractivity contribution in [3.8, 4) is 0 Å². The van der Waals surface area contributed by atoms with Crippen LogP contribution in [-0.2, 0) is 0 Å². The SMILES string of the molecule is ClP(c1ccc(C2CCCCC2)c(C2CCCCC2)c1)c1ccc(C2CCCCC2)c(C2CCCCC2)c1. The molecule has 0 radical (unpaired) electrons. The van der Waals surface area contributed by atoms with Crippen LogP contribution in [0.4, 0.5) is 0 Å². The second kappa shape index (κ2) is 13.2. The molecule has 2 aromatic carbocycles. The van der Waals surface area contributed by atoms with Gasteiger partial charge in [0.15, 0.2) is 0 Å². The van der Waals surface area contributed by atoms with Crippen LogP contribution in [0.25, 0.3) is 0 Å². The molecular weight excluding hydrogens is 499 g/mol. The maximum absolute atomic E-state index is 7.49. The van der Waals surface area contributed by atoms with E-state index in [1.807, 2.05) is 0 Å². The number of rotatable bonds is 6. The van der Waals surface area contributed by atoms with Crippen molar-refractivity contribution >= 4 is 29.1 Å². The predicted molar refractivity (Wildman–Crippen MR) is 168 cm³/mol. The maximum atomic E-state index is 7.49. The lowest BCUT2D eigenvalue weighted by Gasteiger charge is -2.31. The number of hydrogen-bond acceptors (Lipinski definition) is 0. The zero-order valence-corrected chi connectivity index (χ0v) is 25.4. The Labute approximate surface area is 239 Å². The molecule has 6 rings (SSSR count). The predicted octanol–water partition coefficient (Wildman–Crippen LogP) is 11.5. The fourth-order valence-corrected chi connectivity index (χ4v) is 10.5. The summed E-state index contributed by atoms with van der Waals surface area (Å²) in [4.78, 5) is 0. The van der Waals surface area contributed by atoms with Crippen molar-refractivity contribution in [1.29, 1.82) is 0 Å².